The molecule has 4 rings (SSSR count). The molecule has 0 bridgehead atoms. The summed E-state index contributed by atoms with van der Waals surface area (Å²) >= 11 is 0. The highest BCUT2D eigenvalue weighted by atomic mass is 16.2. The van der Waals surface area contributed by atoms with Crippen molar-refractivity contribution in [1.29, 1.82) is 0 Å². The quantitative estimate of drug-likeness (QED) is 0.727. The van der Waals surface area contributed by atoms with Gasteiger partial charge in [-0.25, -0.2) is 0 Å². The van der Waals surface area contributed by atoms with Gasteiger partial charge in [0.05, 0.1) is 23.9 Å². The molecular weight excluding hydrogens is 308 g/mol. The minimum atomic E-state index is -1.60. The van der Waals surface area contributed by atoms with Crippen molar-refractivity contribution in [3.63, 3.8) is 0 Å². The van der Waals surface area contributed by atoms with E-state index in [-0.39, 0.29) is 11.1 Å². The summed E-state index contributed by atoms with van der Waals surface area (Å²) in [6.07, 6.45) is -1.60. The van der Waals surface area contributed by atoms with E-state index in [0.29, 0.717) is 4.90 Å². The van der Waals surface area contributed by atoms with Gasteiger partial charge in [0.2, 0.25) is 5.91 Å². The Bertz CT molecular complexity index is 1190. The van der Waals surface area contributed by atoms with Gasteiger partial charge in [0, 0.05) is 21.0 Å². The third-order valence-electron chi connectivity index (χ3n) is 4.23. The number of likely N-dealkylation sites (tertiary alicyclic amines) is 1. The molecule has 1 aromatic rings. The summed E-state index contributed by atoms with van der Waals surface area (Å²) in [5.74, 6) is -4.61. The second-order valence-corrected chi connectivity index (χ2v) is 5.59. The molecule has 1 aliphatic carbocycles. The first kappa shape index (κ1) is 9.32. The van der Waals surface area contributed by atoms with E-state index in [9.17, 15) is 19.2 Å². The molecule has 1 saturated heterocycles. The van der Waals surface area contributed by atoms with Crippen LogP contribution in [0.5, 0.6) is 0 Å². The standard InChI is InChI=1S/C18H14N2O4/c1-19-15(21)11-5-3-9(7-13(11)17(19)23)10-4-6-12-14(8-10)18(24)20(2)16(12)22/h3-7,14H,8H2,1-2H3/i3D,4D,5D,6D,7D,8D. The maximum Gasteiger partial charge on any atom is 0.261 e. The molecule has 0 spiro atoms. The van der Waals surface area contributed by atoms with Crippen LogP contribution < -0.4 is 0 Å². The topological polar surface area (TPSA) is 74.8 Å². The number of likely N-dealkylation sites (N-methyl/N-ethyl adjacent to an activating group) is 1. The minimum Gasteiger partial charge on any atom is -0.281 e. The lowest BCUT2D eigenvalue weighted by Gasteiger charge is -2.16. The molecule has 1 fully saturated rings. The molecule has 2 aliphatic heterocycles. The number of hydrogen-bond acceptors (Lipinski definition) is 4. The van der Waals surface area contributed by atoms with Gasteiger partial charge in [-0.2, -0.15) is 0 Å². The van der Waals surface area contributed by atoms with E-state index in [1.165, 1.54) is 14.1 Å². The second-order valence-electron chi connectivity index (χ2n) is 5.59. The van der Waals surface area contributed by atoms with Crippen molar-refractivity contribution in [2.24, 2.45) is 5.92 Å². The van der Waals surface area contributed by atoms with E-state index in [0.717, 1.165) is 4.90 Å². The van der Waals surface area contributed by atoms with E-state index in [2.05, 4.69) is 0 Å². The van der Waals surface area contributed by atoms with Crippen LogP contribution in [0.2, 0.25) is 0 Å². The van der Waals surface area contributed by atoms with Gasteiger partial charge in [-0.05, 0) is 29.6 Å². The number of rotatable bonds is 1. The fraction of sp³-hybridized carbons (Fsp3) is 0.222. The SMILES string of the molecule is [2H]C1=C(c2c([2H])c([2H])c3c(c2[2H])C(=O)N(C)C3=O)C([2H])C2C(=O)N(C)C(=O)C2=C1[2H]. The molecule has 120 valence electrons. The Hall–Kier alpha value is -3.02. The van der Waals surface area contributed by atoms with Crippen LogP contribution in [0, 0.1) is 5.92 Å². The van der Waals surface area contributed by atoms with Gasteiger partial charge >= 0.3 is 0 Å². The maximum atomic E-state index is 12.5. The van der Waals surface area contributed by atoms with Crippen LogP contribution in [-0.4, -0.2) is 47.5 Å². The van der Waals surface area contributed by atoms with E-state index in [4.69, 9.17) is 8.22 Å². The van der Waals surface area contributed by atoms with Crippen LogP contribution in [0.3, 0.4) is 0 Å². The summed E-state index contributed by atoms with van der Waals surface area (Å²) in [7, 11) is 2.37. The number of carbonyl (C=O) groups is 4. The van der Waals surface area contributed by atoms with Crippen LogP contribution >= 0.6 is 0 Å². The third-order valence-corrected chi connectivity index (χ3v) is 4.23. The molecule has 2 heterocycles. The number of benzene rings is 1. The second kappa shape index (κ2) is 4.74. The number of fused-ring (bicyclic) bond motifs is 2. The predicted octanol–water partition coefficient (Wildman–Crippen LogP) is 1.24. The molecule has 0 aromatic heterocycles. The van der Waals surface area contributed by atoms with Crippen molar-refractivity contribution in [3.05, 3.63) is 52.5 Å². The highest BCUT2D eigenvalue weighted by molar-refractivity contribution is 6.21. The zero-order chi connectivity index (χ0) is 22.4. The fourth-order valence-corrected chi connectivity index (χ4v) is 2.81. The van der Waals surface area contributed by atoms with Gasteiger partial charge in [0.15, 0.2) is 0 Å². The number of imide groups is 2. The molecule has 2 unspecified atom stereocenters. The lowest BCUT2D eigenvalue weighted by atomic mass is 9.85. The molecule has 3 aliphatic rings. The van der Waals surface area contributed by atoms with Crippen molar-refractivity contribution in [2.75, 3.05) is 14.1 Å². The Morgan fingerprint density at radius 3 is 2.46 bits per heavy atom. The first-order valence-corrected chi connectivity index (χ1v) is 7.05. The molecule has 4 amide bonds. The van der Waals surface area contributed by atoms with Gasteiger partial charge in [-0.15, -0.1) is 0 Å². The first-order valence-electron chi connectivity index (χ1n) is 10.1. The maximum absolute atomic E-state index is 12.5. The van der Waals surface area contributed by atoms with Crippen molar-refractivity contribution >= 4 is 29.2 Å². The van der Waals surface area contributed by atoms with E-state index in [1.807, 2.05) is 0 Å². The van der Waals surface area contributed by atoms with E-state index < -0.39 is 82.9 Å². The van der Waals surface area contributed by atoms with Crippen molar-refractivity contribution in [3.8, 4) is 0 Å². The van der Waals surface area contributed by atoms with Gasteiger partial charge in [0.25, 0.3) is 17.7 Å². The van der Waals surface area contributed by atoms with Gasteiger partial charge in [-0.1, -0.05) is 18.1 Å². The zero-order valence-corrected chi connectivity index (χ0v) is 12.7. The Labute approximate surface area is 146 Å². The number of carbonyl (C=O) groups excluding carboxylic acids is 4. The van der Waals surface area contributed by atoms with Crippen molar-refractivity contribution in [2.45, 2.75) is 6.40 Å². The van der Waals surface area contributed by atoms with Crippen molar-refractivity contribution in [1.82, 2.24) is 9.80 Å². The molecule has 2 atom stereocenters. The Morgan fingerprint density at radius 1 is 1.00 bits per heavy atom. The van der Waals surface area contributed by atoms with Crippen LogP contribution in [0.25, 0.3) is 5.57 Å². The highest BCUT2D eigenvalue weighted by Crippen LogP contribution is 2.38. The number of nitrogens with zero attached hydrogens (tertiary/aromatic N) is 2. The van der Waals surface area contributed by atoms with Crippen LogP contribution in [0.1, 0.15) is 40.9 Å². The Morgan fingerprint density at radius 2 is 1.71 bits per heavy atom. The van der Waals surface area contributed by atoms with Gasteiger partial charge in [0.1, 0.15) is 0 Å². The molecule has 1 aromatic carbocycles. The van der Waals surface area contributed by atoms with Crippen LogP contribution in [-0.2, 0) is 9.59 Å². The summed E-state index contributed by atoms with van der Waals surface area (Å²) in [6.45, 7) is 0. The lowest BCUT2D eigenvalue weighted by Crippen LogP contribution is -2.25. The summed E-state index contributed by atoms with van der Waals surface area (Å²) in [4.78, 5) is 51.0. The van der Waals surface area contributed by atoms with Gasteiger partial charge < -0.3 is 0 Å². The normalized spacial score (nSPS) is 30.1. The average Bonchev–Trinajstić information content (AvgIpc) is 3.07. The molecule has 24 heavy (non-hydrogen) atoms. The first-order chi connectivity index (χ1) is 13.9. The van der Waals surface area contributed by atoms with Crippen LogP contribution in [0.15, 0.2) is 35.8 Å². The van der Waals surface area contributed by atoms with Gasteiger partial charge in [-0.3, -0.25) is 29.0 Å². The summed E-state index contributed by atoms with van der Waals surface area (Å²) in [5.41, 5.74) is -1.92. The largest absolute Gasteiger partial charge is 0.281 e. The molecule has 6 heteroatoms. The number of amides is 4. The average molecular weight is 328 g/mol. The third kappa shape index (κ3) is 1.76. The van der Waals surface area contributed by atoms with E-state index in [1.54, 1.807) is 0 Å². The molecule has 0 radical (unpaired) electrons. The van der Waals surface area contributed by atoms with E-state index >= 15 is 0 Å². The molecule has 6 nitrogen and oxygen atoms in total. The number of allylic oxidation sites excluding steroid dienone is 3. The molecule has 0 saturated carbocycles. The van der Waals surface area contributed by atoms with Crippen LogP contribution in [0.4, 0.5) is 0 Å². The minimum absolute atomic E-state index is 0.299. The molecular formula is C18H14N2O4. The predicted molar refractivity (Wildman–Crippen MR) is 84.8 cm³/mol. The number of hydrogen-bond donors (Lipinski definition) is 0. The lowest BCUT2D eigenvalue weighted by molar-refractivity contribution is -0.137. The summed E-state index contributed by atoms with van der Waals surface area (Å²) in [6, 6.07) is -3.16. The molecule has 0 N–H and O–H groups in total. The fourth-order valence-electron chi connectivity index (χ4n) is 2.81. The Kier molecular flexibility index (Phi) is 1.84. The summed E-state index contributed by atoms with van der Waals surface area (Å²) in [5, 5.41) is 0. The Balaban J connectivity index is 2.05. The van der Waals surface area contributed by atoms with Crippen molar-refractivity contribution < 1.29 is 27.4 Å². The smallest absolute Gasteiger partial charge is 0.261 e. The highest BCUT2D eigenvalue weighted by Gasteiger charge is 2.42. The monoisotopic (exact) mass is 328 g/mol. The summed E-state index contributed by atoms with van der Waals surface area (Å²) < 4.78 is 49.9. The zero-order valence-electron chi connectivity index (χ0n) is 18.7.